The van der Waals surface area contributed by atoms with Gasteiger partial charge in [-0.15, -0.1) is 0 Å². The third kappa shape index (κ3) is 2.93. The summed E-state index contributed by atoms with van der Waals surface area (Å²) in [5.41, 5.74) is 1.31. The van der Waals surface area contributed by atoms with Gasteiger partial charge in [0.1, 0.15) is 18.9 Å². The number of carbonyl (C=O) groups excluding carboxylic acids is 1. The van der Waals surface area contributed by atoms with Gasteiger partial charge in [-0.1, -0.05) is 18.2 Å². The topological polar surface area (TPSA) is 66.8 Å². The van der Waals surface area contributed by atoms with Crippen molar-refractivity contribution in [3.8, 4) is 5.75 Å². The van der Waals surface area contributed by atoms with Crippen molar-refractivity contribution in [2.75, 3.05) is 19.7 Å². The summed E-state index contributed by atoms with van der Waals surface area (Å²) in [5.74, 6) is -0.576. The summed E-state index contributed by atoms with van der Waals surface area (Å²) in [6.07, 6.45) is 1.76. The first-order chi connectivity index (χ1) is 9.11. The van der Waals surface area contributed by atoms with E-state index < -0.39 is 5.97 Å². The number of benzene rings is 1. The van der Waals surface area contributed by atoms with Crippen molar-refractivity contribution < 1.29 is 19.4 Å². The van der Waals surface area contributed by atoms with Crippen molar-refractivity contribution in [3.05, 3.63) is 35.4 Å². The molecule has 0 bridgehead atoms. The van der Waals surface area contributed by atoms with E-state index in [1.807, 2.05) is 24.3 Å². The minimum atomic E-state index is -1.02. The second-order valence-electron chi connectivity index (χ2n) is 4.21. The molecule has 0 spiro atoms. The first-order valence-corrected chi connectivity index (χ1v) is 6.05. The van der Waals surface area contributed by atoms with Crippen molar-refractivity contribution >= 4 is 18.0 Å². The van der Waals surface area contributed by atoms with Crippen LogP contribution >= 0.6 is 0 Å². The Morgan fingerprint density at radius 3 is 2.79 bits per heavy atom. The van der Waals surface area contributed by atoms with E-state index in [0.717, 1.165) is 11.3 Å². The van der Waals surface area contributed by atoms with Crippen LogP contribution in [0.15, 0.2) is 29.8 Å². The van der Waals surface area contributed by atoms with Gasteiger partial charge in [-0.05, 0) is 19.1 Å². The van der Waals surface area contributed by atoms with Crippen LogP contribution in [-0.4, -0.2) is 41.6 Å². The highest BCUT2D eigenvalue weighted by molar-refractivity contribution is 6.00. The van der Waals surface area contributed by atoms with E-state index in [0.29, 0.717) is 12.1 Å². The molecule has 0 aliphatic carbocycles. The first-order valence-electron chi connectivity index (χ1n) is 6.05. The normalized spacial score (nSPS) is 13.0. The lowest BCUT2D eigenvalue weighted by molar-refractivity contribution is -0.143. The summed E-state index contributed by atoms with van der Waals surface area (Å²) < 4.78 is 5.49. The molecule has 2 rings (SSSR count). The van der Waals surface area contributed by atoms with Gasteiger partial charge in [0.05, 0.1) is 5.57 Å². The lowest BCUT2D eigenvalue weighted by atomic mass is 10.1. The Kier molecular flexibility index (Phi) is 3.85. The fourth-order valence-corrected chi connectivity index (χ4v) is 1.93. The van der Waals surface area contributed by atoms with E-state index in [-0.39, 0.29) is 19.1 Å². The van der Waals surface area contributed by atoms with Crippen LogP contribution in [0.3, 0.4) is 0 Å². The number of carboxylic acid groups (broad SMARTS) is 1. The smallest absolute Gasteiger partial charge is 0.323 e. The number of nitrogens with zero attached hydrogens (tertiary/aromatic N) is 1. The molecule has 1 aromatic carbocycles. The number of likely N-dealkylation sites (N-methyl/N-ethyl adjacent to an activating group) is 1. The zero-order valence-electron chi connectivity index (χ0n) is 10.6. The number of rotatable bonds is 4. The fraction of sp³-hybridized carbons (Fsp3) is 0.286. The third-order valence-corrected chi connectivity index (χ3v) is 2.90. The minimum Gasteiger partial charge on any atom is -0.488 e. The molecule has 0 unspecified atom stereocenters. The highest BCUT2D eigenvalue weighted by Crippen LogP contribution is 2.26. The molecular formula is C14H15NO4. The molecule has 0 atom stereocenters. The summed E-state index contributed by atoms with van der Waals surface area (Å²) in [7, 11) is 0. The molecule has 0 aromatic heterocycles. The van der Waals surface area contributed by atoms with Gasteiger partial charge in [-0.2, -0.15) is 0 Å². The van der Waals surface area contributed by atoms with Gasteiger partial charge in [-0.25, -0.2) is 0 Å². The largest absolute Gasteiger partial charge is 0.488 e. The maximum Gasteiger partial charge on any atom is 0.323 e. The second-order valence-corrected chi connectivity index (χ2v) is 4.21. The molecule has 0 fully saturated rings. The Morgan fingerprint density at radius 1 is 1.37 bits per heavy atom. The highest BCUT2D eigenvalue weighted by atomic mass is 16.5. The molecule has 100 valence electrons. The molecule has 1 aliphatic rings. The summed E-state index contributed by atoms with van der Waals surface area (Å²) in [6, 6.07) is 7.42. The third-order valence-electron chi connectivity index (χ3n) is 2.90. The zero-order chi connectivity index (χ0) is 13.8. The average Bonchev–Trinajstić information content (AvgIpc) is 2.43. The number of carbonyl (C=O) groups is 2. The van der Waals surface area contributed by atoms with E-state index in [4.69, 9.17) is 9.84 Å². The molecular weight excluding hydrogens is 246 g/mol. The number of para-hydroxylation sites is 1. The predicted octanol–water partition coefficient (Wildman–Crippen LogP) is 1.40. The molecule has 0 saturated heterocycles. The van der Waals surface area contributed by atoms with E-state index in [1.54, 1.807) is 13.0 Å². The lowest BCUT2D eigenvalue weighted by Gasteiger charge is -2.23. The van der Waals surface area contributed by atoms with E-state index >= 15 is 0 Å². The van der Waals surface area contributed by atoms with Gasteiger partial charge in [0.15, 0.2) is 0 Å². The van der Waals surface area contributed by atoms with Crippen molar-refractivity contribution in [2.24, 2.45) is 0 Å². The first kappa shape index (κ1) is 13.1. The summed E-state index contributed by atoms with van der Waals surface area (Å²) in [4.78, 5) is 24.2. The molecule has 1 aliphatic heterocycles. The number of carboxylic acids is 1. The number of aliphatic carboxylic acids is 1. The van der Waals surface area contributed by atoms with Gasteiger partial charge in [-0.3, -0.25) is 9.59 Å². The van der Waals surface area contributed by atoms with E-state index in [1.165, 1.54) is 4.90 Å². The molecule has 0 radical (unpaired) electrons. The molecule has 0 saturated carbocycles. The van der Waals surface area contributed by atoms with Crippen molar-refractivity contribution in [1.29, 1.82) is 0 Å². The number of amides is 1. The Hall–Kier alpha value is -2.30. The Bertz CT molecular complexity index is 536. The SMILES string of the molecule is CCN(CC(=O)O)C(=O)C1=Cc2ccccc2OC1. The Labute approximate surface area is 111 Å². The molecule has 1 amide bonds. The minimum absolute atomic E-state index is 0.173. The van der Waals surface area contributed by atoms with Crippen molar-refractivity contribution in [1.82, 2.24) is 4.90 Å². The molecule has 1 aromatic rings. The van der Waals surface area contributed by atoms with E-state index in [2.05, 4.69) is 0 Å². The van der Waals surface area contributed by atoms with Gasteiger partial charge in [0.2, 0.25) is 0 Å². The van der Waals surface area contributed by atoms with Crippen LogP contribution in [0.25, 0.3) is 6.08 Å². The second kappa shape index (κ2) is 5.56. The average molecular weight is 261 g/mol. The zero-order valence-corrected chi connectivity index (χ0v) is 10.6. The summed E-state index contributed by atoms with van der Waals surface area (Å²) >= 11 is 0. The van der Waals surface area contributed by atoms with Crippen molar-refractivity contribution in [3.63, 3.8) is 0 Å². The molecule has 5 nitrogen and oxygen atoms in total. The van der Waals surface area contributed by atoms with Gasteiger partial charge in [0.25, 0.3) is 5.91 Å². The fourth-order valence-electron chi connectivity index (χ4n) is 1.93. The highest BCUT2D eigenvalue weighted by Gasteiger charge is 2.22. The van der Waals surface area contributed by atoms with E-state index in [9.17, 15) is 9.59 Å². The summed E-state index contributed by atoms with van der Waals surface area (Å²) in [5, 5.41) is 8.78. The van der Waals surface area contributed by atoms with Gasteiger partial charge in [0, 0.05) is 12.1 Å². The molecule has 19 heavy (non-hydrogen) atoms. The van der Waals surface area contributed by atoms with Crippen LogP contribution in [0.1, 0.15) is 12.5 Å². The molecule has 1 heterocycles. The van der Waals surface area contributed by atoms with Gasteiger partial charge < -0.3 is 14.7 Å². The monoisotopic (exact) mass is 261 g/mol. The van der Waals surface area contributed by atoms with Crippen LogP contribution < -0.4 is 4.74 Å². The molecule has 5 heteroatoms. The number of hydrogen-bond donors (Lipinski definition) is 1. The maximum atomic E-state index is 12.2. The maximum absolute atomic E-state index is 12.2. The Morgan fingerprint density at radius 2 is 2.11 bits per heavy atom. The lowest BCUT2D eigenvalue weighted by Crippen LogP contribution is -2.37. The van der Waals surface area contributed by atoms with Crippen LogP contribution in [0.2, 0.25) is 0 Å². The quantitative estimate of drug-likeness (QED) is 0.889. The van der Waals surface area contributed by atoms with Crippen LogP contribution in [0.5, 0.6) is 5.75 Å². The van der Waals surface area contributed by atoms with Crippen LogP contribution in [0.4, 0.5) is 0 Å². The Balaban J connectivity index is 2.21. The van der Waals surface area contributed by atoms with Gasteiger partial charge >= 0.3 is 5.97 Å². The standard InChI is InChI=1S/C14H15NO4/c1-2-15(8-13(16)17)14(18)11-7-10-5-3-4-6-12(10)19-9-11/h3-7H,2,8-9H2,1H3,(H,16,17). The predicted molar refractivity (Wildman–Crippen MR) is 69.8 cm³/mol. The summed E-state index contributed by atoms with van der Waals surface area (Å²) in [6.45, 7) is 1.98. The number of fused-ring (bicyclic) bond motifs is 1. The van der Waals surface area contributed by atoms with Crippen LogP contribution in [-0.2, 0) is 9.59 Å². The molecule has 1 N–H and O–H groups in total. The van der Waals surface area contributed by atoms with Crippen LogP contribution in [0, 0.1) is 0 Å². The number of ether oxygens (including phenoxy) is 1. The number of hydrogen-bond acceptors (Lipinski definition) is 3. The van der Waals surface area contributed by atoms with Crippen molar-refractivity contribution in [2.45, 2.75) is 6.92 Å².